The number of carbonyl (C=O) groups excluding carboxylic acids is 2. The second-order valence-corrected chi connectivity index (χ2v) is 5.58. The third-order valence-electron chi connectivity index (χ3n) is 4.45. The van der Waals surface area contributed by atoms with E-state index in [0.29, 0.717) is 18.0 Å². The molecule has 5 nitrogen and oxygen atoms in total. The number of aromatic nitrogens is 1. The number of imide groups is 1. The predicted octanol–water partition coefficient (Wildman–Crippen LogP) is 1.59. The molecule has 1 aromatic rings. The van der Waals surface area contributed by atoms with Crippen LogP contribution in [0.25, 0.3) is 0 Å². The zero-order valence-electron chi connectivity index (χ0n) is 11.4. The number of amides is 2. The summed E-state index contributed by atoms with van der Waals surface area (Å²) in [4.78, 5) is 30.3. The van der Waals surface area contributed by atoms with Crippen LogP contribution in [0.15, 0.2) is 18.3 Å². The predicted molar refractivity (Wildman–Crippen MR) is 74.2 cm³/mol. The molecule has 0 aromatic carbocycles. The first kappa shape index (κ1) is 13.2. The largest absolute Gasteiger partial charge is 0.328 e. The Hall–Kier alpha value is -1.75. The molecule has 2 heterocycles. The highest BCUT2D eigenvalue weighted by molar-refractivity contribution is 6.20. The summed E-state index contributed by atoms with van der Waals surface area (Å²) in [6.45, 7) is 0.329. The number of carbonyl (C=O) groups is 2. The third-order valence-corrected chi connectivity index (χ3v) is 4.45. The Bertz CT molecular complexity index is 503. The maximum atomic E-state index is 12.5. The van der Waals surface area contributed by atoms with Crippen LogP contribution in [-0.2, 0) is 0 Å². The van der Waals surface area contributed by atoms with Gasteiger partial charge < -0.3 is 5.73 Å². The summed E-state index contributed by atoms with van der Waals surface area (Å²) in [5.41, 5.74) is 6.56. The molecule has 5 heteroatoms. The molecule has 1 saturated carbocycles. The molecule has 0 spiro atoms. The van der Waals surface area contributed by atoms with Gasteiger partial charge in [0, 0.05) is 12.7 Å². The maximum absolute atomic E-state index is 12.5. The molecule has 2 aliphatic rings. The molecule has 1 fully saturated rings. The van der Waals surface area contributed by atoms with Crippen LogP contribution in [-0.4, -0.2) is 34.3 Å². The molecule has 0 saturated heterocycles. The van der Waals surface area contributed by atoms with Gasteiger partial charge in [0.05, 0.1) is 11.6 Å². The van der Waals surface area contributed by atoms with Crippen LogP contribution in [0.2, 0.25) is 0 Å². The van der Waals surface area contributed by atoms with Gasteiger partial charge in [0.15, 0.2) is 0 Å². The molecule has 1 aliphatic heterocycles. The highest BCUT2D eigenvalue weighted by atomic mass is 16.2. The average molecular weight is 273 g/mol. The monoisotopic (exact) mass is 273 g/mol. The molecule has 0 radical (unpaired) electrons. The van der Waals surface area contributed by atoms with Crippen molar-refractivity contribution in [2.75, 3.05) is 6.54 Å². The maximum Gasteiger partial charge on any atom is 0.280 e. The number of nitrogens with two attached hydrogens (primary N) is 1. The van der Waals surface area contributed by atoms with E-state index in [2.05, 4.69) is 4.98 Å². The van der Waals surface area contributed by atoms with Crippen LogP contribution in [0.5, 0.6) is 0 Å². The van der Waals surface area contributed by atoms with Crippen molar-refractivity contribution in [2.45, 2.75) is 38.1 Å². The van der Waals surface area contributed by atoms with Gasteiger partial charge in [0.25, 0.3) is 11.8 Å². The van der Waals surface area contributed by atoms with Gasteiger partial charge in [-0.3, -0.25) is 19.5 Å². The Kier molecular flexibility index (Phi) is 3.53. The van der Waals surface area contributed by atoms with E-state index >= 15 is 0 Å². The van der Waals surface area contributed by atoms with Crippen molar-refractivity contribution in [1.82, 2.24) is 9.88 Å². The quantitative estimate of drug-likeness (QED) is 0.848. The van der Waals surface area contributed by atoms with Gasteiger partial charge >= 0.3 is 0 Å². The number of hydrogen-bond donors (Lipinski definition) is 1. The van der Waals surface area contributed by atoms with E-state index in [1.165, 1.54) is 11.3 Å². The van der Waals surface area contributed by atoms with Crippen molar-refractivity contribution in [3.63, 3.8) is 0 Å². The molecule has 1 aliphatic carbocycles. The highest BCUT2D eigenvalue weighted by Crippen LogP contribution is 2.32. The van der Waals surface area contributed by atoms with Gasteiger partial charge in [-0.15, -0.1) is 0 Å². The fraction of sp³-hybridized carbons (Fsp3) is 0.533. The van der Waals surface area contributed by atoms with E-state index in [-0.39, 0.29) is 23.6 Å². The highest BCUT2D eigenvalue weighted by Gasteiger charge is 2.43. The van der Waals surface area contributed by atoms with Gasteiger partial charge in [0.2, 0.25) is 0 Å². The molecular formula is C15H19N3O2. The summed E-state index contributed by atoms with van der Waals surface area (Å²) in [6.07, 6.45) is 7.18. The zero-order valence-corrected chi connectivity index (χ0v) is 11.4. The second-order valence-electron chi connectivity index (χ2n) is 5.58. The van der Waals surface area contributed by atoms with Crippen LogP contribution in [0.4, 0.5) is 0 Å². The average Bonchev–Trinajstić information content (AvgIpc) is 2.75. The van der Waals surface area contributed by atoms with E-state index in [1.54, 1.807) is 18.3 Å². The van der Waals surface area contributed by atoms with Gasteiger partial charge in [-0.1, -0.05) is 19.3 Å². The molecule has 2 N–H and O–H groups in total. The van der Waals surface area contributed by atoms with E-state index < -0.39 is 0 Å². The summed E-state index contributed by atoms with van der Waals surface area (Å²) < 4.78 is 0. The van der Waals surface area contributed by atoms with E-state index in [0.717, 1.165) is 25.7 Å². The molecule has 1 aromatic heterocycles. The topological polar surface area (TPSA) is 76.3 Å². The van der Waals surface area contributed by atoms with Crippen molar-refractivity contribution in [3.05, 3.63) is 29.6 Å². The number of rotatable bonds is 3. The van der Waals surface area contributed by atoms with Crippen LogP contribution in [0, 0.1) is 5.92 Å². The Morgan fingerprint density at radius 2 is 2.00 bits per heavy atom. The lowest BCUT2D eigenvalue weighted by Crippen LogP contribution is -2.49. The number of nitrogens with zero attached hydrogens (tertiary/aromatic N) is 2. The van der Waals surface area contributed by atoms with Crippen molar-refractivity contribution >= 4 is 11.8 Å². The molecular weight excluding hydrogens is 254 g/mol. The normalized spacial score (nSPS) is 21.1. The van der Waals surface area contributed by atoms with E-state index in [4.69, 9.17) is 5.73 Å². The molecule has 1 atom stereocenters. The van der Waals surface area contributed by atoms with Crippen molar-refractivity contribution in [1.29, 1.82) is 0 Å². The van der Waals surface area contributed by atoms with Crippen LogP contribution in [0.3, 0.4) is 0 Å². The summed E-state index contributed by atoms with van der Waals surface area (Å²) in [7, 11) is 0. The lowest BCUT2D eigenvalue weighted by Gasteiger charge is -2.34. The molecule has 20 heavy (non-hydrogen) atoms. The molecule has 2 amide bonds. The van der Waals surface area contributed by atoms with Gasteiger partial charge in [0.1, 0.15) is 5.69 Å². The first-order chi connectivity index (χ1) is 9.74. The minimum Gasteiger partial charge on any atom is -0.328 e. The first-order valence-electron chi connectivity index (χ1n) is 7.27. The first-order valence-corrected chi connectivity index (χ1v) is 7.27. The molecule has 0 bridgehead atoms. The van der Waals surface area contributed by atoms with E-state index in [9.17, 15) is 9.59 Å². The molecule has 106 valence electrons. The Labute approximate surface area is 118 Å². The van der Waals surface area contributed by atoms with Gasteiger partial charge in [-0.05, 0) is 30.9 Å². The fourth-order valence-corrected chi connectivity index (χ4v) is 3.41. The fourth-order valence-electron chi connectivity index (χ4n) is 3.41. The number of hydrogen-bond acceptors (Lipinski definition) is 4. The van der Waals surface area contributed by atoms with Crippen LogP contribution >= 0.6 is 0 Å². The van der Waals surface area contributed by atoms with Crippen LogP contribution < -0.4 is 5.73 Å². The smallest absolute Gasteiger partial charge is 0.280 e. The Balaban J connectivity index is 1.90. The minimum absolute atomic E-state index is 0.190. The van der Waals surface area contributed by atoms with Crippen LogP contribution in [0.1, 0.15) is 53.0 Å². The number of pyridine rings is 1. The van der Waals surface area contributed by atoms with Crippen molar-refractivity contribution < 1.29 is 9.59 Å². The third kappa shape index (κ3) is 2.02. The van der Waals surface area contributed by atoms with E-state index in [1.807, 2.05) is 0 Å². The SMILES string of the molecule is NCC(C1CCCCC1)N1C(=O)c2cccnc2C1=O. The van der Waals surface area contributed by atoms with Gasteiger partial charge in [-0.2, -0.15) is 0 Å². The Morgan fingerprint density at radius 1 is 1.25 bits per heavy atom. The lowest BCUT2D eigenvalue weighted by molar-refractivity contribution is 0.0505. The summed E-state index contributed by atoms with van der Waals surface area (Å²) in [6, 6.07) is 3.16. The molecule has 1 unspecified atom stereocenters. The Morgan fingerprint density at radius 3 is 2.65 bits per heavy atom. The molecule has 3 rings (SSSR count). The van der Waals surface area contributed by atoms with Gasteiger partial charge in [-0.25, -0.2) is 0 Å². The van der Waals surface area contributed by atoms with Crippen molar-refractivity contribution in [2.24, 2.45) is 11.7 Å². The number of fused-ring (bicyclic) bond motifs is 1. The summed E-state index contributed by atoms with van der Waals surface area (Å²) in [5.74, 6) is -0.193. The lowest BCUT2D eigenvalue weighted by atomic mass is 9.83. The standard InChI is InChI=1S/C15H19N3O2/c16-9-12(10-5-2-1-3-6-10)18-14(19)11-7-4-8-17-13(11)15(18)20/h4,7-8,10,12H,1-3,5-6,9,16H2. The summed E-state index contributed by atoms with van der Waals surface area (Å²) >= 11 is 0. The van der Waals surface area contributed by atoms with Crippen molar-refractivity contribution in [3.8, 4) is 0 Å². The zero-order chi connectivity index (χ0) is 14.1. The summed E-state index contributed by atoms with van der Waals surface area (Å²) in [5, 5.41) is 0. The second kappa shape index (κ2) is 5.32. The minimum atomic E-state index is -0.286.